The van der Waals surface area contributed by atoms with Crippen LogP contribution in [0.3, 0.4) is 0 Å². The number of rotatable bonds is 7. The van der Waals surface area contributed by atoms with E-state index in [-0.39, 0.29) is 5.54 Å². The molecule has 0 unspecified atom stereocenters. The zero-order chi connectivity index (χ0) is 19.9. The van der Waals surface area contributed by atoms with Crippen molar-refractivity contribution < 1.29 is 13.9 Å². The molecule has 0 radical (unpaired) electrons. The molecule has 0 saturated heterocycles. The summed E-state index contributed by atoms with van der Waals surface area (Å²) in [5, 5.41) is 4.04. The fourth-order valence-corrected chi connectivity index (χ4v) is 3.30. The maximum absolute atomic E-state index is 11.9. The van der Waals surface area contributed by atoms with Crippen molar-refractivity contribution >= 4 is 22.8 Å². The van der Waals surface area contributed by atoms with Crippen LogP contribution in [-0.4, -0.2) is 28.5 Å². The van der Waals surface area contributed by atoms with E-state index in [1.54, 1.807) is 14.0 Å². The number of primary amides is 1. The Bertz CT molecular complexity index is 1040. The first-order chi connectivity index (χ1) is 13.4. The summed E-state index contributed by atoms with van der Waals surface area (Å²) in [6.45, 7) is 3.86. The number of hydrogen-bond acceptors (Lipinski definition) is 6. The highest BCUT2D eigenvalue weighted by Crippen LogP contribution is 2.40. The molecule has 0 atom stereocenters. The maximum atomic E-state index is 11.9. The standard InChI is InChI=1S/C21H24N4O3/c1-12-16(18(22)26)17-19(25-21(2)10-11-21)23-15(24-20(17)28-12)9-6-13-4-7-14(27-3)8-5-13/h4-5,7-8H,6,9-11H2,1-3H3,(H2,22,26)(H,23,24,25). The molecule has 1 saturated carbocycles. The van der Waals surface area contributed by atoms with Gasteiger partial charge in [0.25, 0.3) is 5.91 Å². The van der Waals surface area contributed by atoms with E-state index in [1.807, 2.05) is 24.3 Å². The number of aryl methyl sites for hydroxylation is 3. The Hall–Kier alpha value is -3.09. The number of methoxy groups -OCH3 is 1. The SMILES string of the molecule is COc1ccc(CCc2nc(NC3(C)CC3)c3c(C(N)=O)c(C)oc3n2)cc1. The molecular weight excluding hydrogens is 356 g/mol. The summed E-state index contributed by atoms with van der Waals surface area (Å²) in [5.41, 5.74) is 7.49. The van der Waals surface area contributed by atoms with Crippen LogP contribution in [0, 0.1) is 6.92 Å². The van der Waals surface area contributed by atoms with Gasteiger partial charge in [-0.3, -0.25) is 4.79 Å². The van der Waals surface area contributed by atoms with Crippen LogP contribution in [0.4, 0.5) is 5.82 Å². The summed E-state index contributed by atoms with van der Waals surface area (Å²) in [4.78, 5) is 21.2. The van der Waals surface area contributed by atoms with E-state index in [4.69, 9.17) is 19.9 Å². The fourth-order valence-electron chi connectivity index (χ4n) is 3.30. The molecule has 1 amide bonds. The number of nitrogens with zero attached hydrogens (tertiary/aromatic N) is 2. The lowest BCUT2D eigenvalue weighted by Gasteiger charge is -2.14. The van der Waals surface area contributed by atoms with Crippen LogP contribution in [0.2, 0.25) is 0 Å². The normalized spacial score (nSPS) is 14.8. The second kappa shape index (κ2) is 6.82. The fraction of sp³-hybridized carbons (Fsp3) is 0.381. The average Bonchev–Trinajstić information content (AvgIpc) is 3.28. The monoisotopic (exact) mass is 380 g/mol. The highest BCUT2D eigenvalue weighted by atomic mass is 16.5. The Labute approximate surface area is 163 Å². The number of fused-ring (bicyclic) bond motifs is 1. The first-order valence-electron chi connectivity index (χ1n) is 9.39. The number of carbonyl (C=O) groups excluding carboxylic acids is 1. The van der Waals surface area contributed by atoms with Gasteiger partial charge in [0.2, 0.25) is 5.71 Å². The summed E-state index contributed by atoms with van der Waals surface area (Å²) in [6, 6.07) is 7.94. The van der Waals surface area contributed by atoms with Crippen LogP contribution in [0.15, 0.2) is 28.7 Å². The van der Waals surface area contributed by atoms with E-state index in [0.29, 0.717) is 40.5 Å². The predicted molar refractivity (Wildman–Crippen MR) is 107 cm³/mol. The first-order valence-corrected chi connectivity index (χ1v) is 9.39. The molecule has 7 heteroatoms. The third kappa shape index (κ3) is 3.52. The number of anilines is 1. The van der Waals surface area contributed by atoms with Crippen LogP contribution in [0.1, 0.15) is 47.3 Å². The lowest BCUT2D eigenvalue weighted by atomic mass is 10.1. The zero-order valence-electron chi connectivity index (χ0n) is 16.3. The van der Waals surface area contributed by atoms with Crippen molar-refractivity contribution in [2.75, 3.05) is 12.4 Å². The Balaban J connectivity index is 1.67. The van der Waals surface area contributed by atoms with Crippen LogP contribution < -0.4 is 15.8 Å². The van der Waals surface area contributed by atoms with Crippen molar-refractivity contribution in [2.24, 2.45) is 5.73 Å². The predicted octanol–water partition coefficient (Wildman–Crippen LogP) is 3.39. The quantitative estimate of drug-likeness (QED) is 0.651. The van der Waals surface area contributed by atoms with E-state index >= 15 is 0 Å². The molecule has 2 heterocycles. The van der Waals surface area contributed by atoms with Crippen molar-refractivity contribution in [2.45, 2.75) is 45.1 Å². The molecule has 1 fully saturated rings. The molecule has 4 rings (SSSR count). The highest BCUT2D eigenvalue weighted by Gasteiger charge is 2.38. The van der Waals surface area contributed by atoms with E-state index < -0.39 is 5.91 Å². The van der Waals surface area contributed by atoms with Gasteiger partial charge in [-0.25, -0.2) is 4.98 Å². The molecule has 1 aliphatic carbocycles. The summed E-state index contributed by atoms with van der Waals surface area (Å²) in [6.07, 6.45) is 3.55. The highest BCUT2D eigenvalue weighted by molar-refractivity contribution is 6.09. The topological polar surface area (TPSA) is 103 Å². The summed E-state index contributed by atoms with van der Waals surface area (Å²) in [7, 11) is 1.65. The van der Waals surface area contributed by atoms with Gasteiger partial charge in [0.15, 0.2) is 0 Å². The minimum atomic E-state index is -0.533. The van der Waals surface area contributed by atoms with Crippen molar-refractivity contribution in [3.63, 3.8) is 0 Å². The number of aromatic nitrogens is 2. The van der Waals surface area contributed by atoms with Gasteiger partial charge in [-0.15, -0.1) is 0 Å². The van der Waals surface area contributed by atoms with Crippen molar-refractivity contribution in [3.8, 4) is 5.75 Å². The largest absolute Gasteiger partial charge is 0.497 e. The average molecular weight is 380 g/mol. The number of furan rings is 1. The molecule has 0 aliphatic heterocycles. The zero-order valence-corrected chi connectivity index (χ0v) is 16.3. The van der Waals surface area contributed by atoms with E-state index in [2.05, 4.69) is 17.2 Å². The van der Waals surface area contributed by atoms with Crippen LogP contribution in [0.25, 0.3) is 11.1 Å². The second-order valence-electron chi connectivity index (χ2n) is 7.60. The molecule has 7 nitrogen and oxygen atoms in total. The smallest absolute Gasteiger partial charge is 0.253 e. The molecule has 146 valence electrons. The molecule has 3 N–H and O–H groups in total. The number of nitrogens with two attached hydrogens (primary N) is 1. The van der Waals surface area contributed by atoms with Crippen molar-refractivity contribution in [1.29, 1.82) is 0 Å². The number of carbonyl (C=O) groups is 1. The Morgan fingerprint density at radius 3 is 2.57 bits per heavy atom. The number of nitrogens with one attached hydrogen (secondary N) is 1. The number of ether oxygens (including phenoxy) is 1. The molecule has 0 spiro atoms. The number of amides is 1. The second-order valence-corrected chi connectivity index (χ2v) is 7.60. The maximum Gasteiger partial charge on any atom is 0.253 e. The van der Waals surface area contributed by atoms with Gasteiger partial charge >= 0.3 is 0 Å². The summed E-state index contributed by atoms with van der Waals surface area (Å²) < 4.78 is 10.9. The van der Waals surface area contributed by atoms with E-state index in [1.165, 1.54) is 5.56 Å². The van der Waals surface area contributed by atoms with E-state index in [0.717, 1.165) is 25.0 Å². The van der Waals surface area contributed by atoms with Crippen molar-refractivity contribution in [1.82, 2.24) is 9.97 Å². The minimum absolute atomic E-state index is 0.00533. The number of benzene rings is 1. The molecular formula is C21H24N4O3. The van der Waals surface area contributed by atoms with Crippen molar-refractivity contribution in [3.05, 3.63) is 47.0 Å². The van der Waals surface area contributed by atoms with Gasteiger partial charge in [-0.2, -0.15) is 4.98 Å². The third-order valence-corrected chi connectivity index (χ3v) is 5.24. The van der Waals surface area contributed by atoms with Gasteiger partial charge in [0, 0.05) is 12.0 Å². The third-order valence-electron chi connectivity index (χ3n) is 5.24. The summed E-state index contributed by atoms with van der Waals surface area (Å²) in [5.74, 6) is 2.05. The molecule has 1 aromatic carbocycles. The Morgan fingerprint density at radius 1 is 1.25 bits per heavy atom. The molecule has 0 bridgehead atoms. The molecule has 28 heavy (non-hydrogen) atoms. The van der Waals surface area contributed by atoms with Crippen LogP contribution in [-0.2, 0) is 12.8 Å². The summed E-state index contributed by atoms with van der Waals surface area (Å²) >= 11 is 0. The van der Waals surface area contributed by atoms with Crippen LogP contribution in [0.5, 0.6) is 5.75 Å². The Kier molecular flexibility index (Phi) is 4.45. The minimum Gasteiger partial charge on any atom is -0.497 e. The van der Waals surface area contributed by atoms with Gasteiger partial charge < -0.3 is 20.2 Å². The molecule has 2 aromatic heterocycles. The lowest BCUT2D eigenvalue weighted by Crippen LogP contribution is -2.19. The molecule has 3 aromatic rings. The lowest BCUT2D eigenvalue weighted by molar-refractivity contribution is 0.1000. The van der Waals surface area contributed by atoms with Crippen LogP contribution >= 0.6 is 0 Å². The number of hydrogen-bond donors (Lipinski definition) is 2. The Morgan fingerprint density at radius 2 is 1.96 bits per heavy atom. The van der Waals surface area contributed by atoms with E-state index in [9.17, 15) is 4.79 Å². The molecule has 1 aliphatic rings. The van der Waals surface area contributed by atoms with Gasteiger partial charge in [-0.05, 0) is 50.8 Å². The van der Waals surface area contributed by atoms with Gasteiger partial charge in [0.05, 0.1) is 18.1 Å². The van der Waals surface area contributed by atoms with Gasteiger partial charge in [-0.1, -0.05) is 12.1 Å². The first kappa shape index (κ1) is 18.3. The van der Waals surface area contributed by atoms with Gasteiger partial charge in [0.1, 0.15) is 23.2 Å².